The SMILES string of the molecule is CNC1(OC)C=CC=C1. The molecule has 2 nitrogen and oxygen atoms in total. The molecular weight excluding hydrogens is 114 g/mol. The van der Waals surface area contributed by atoms with E-state index >= 15 is 0 Å². The Kier molecular flexibility index (Phi) is 1.69. The van der Waals surface area contributed by atoms with Crippen molar-refractivity contribution in [2.45, 2.75) is 5.72 Å². The molecule has 1 rings (SSSR count). The Morgan fingerprint density at radius 1 is 1.33 bits per heavy atom. The predicted octanol–water partition coefficient (Wildman–Crippen LogP) is 0.674. The molecule has 0 aromatic carbocycles. The maximum atomic E-state index is 5.16. The number of likely N-dealkylation sites (N-methyl/N-ethyl adjacent to an activating group) is 1. The van der Waals surface area contributed by atoms with E-state index in [0.717, 1.165) is 0 Å². The Hall–Kier alpha value is -0.600. The molecule has 0 atom stereocenters. The molecule has 9 heavy (non-hydrogen) atoms. The molecule has 50 valence electrons. The summed E-state index contributed by atoms with van der Waals surface area (Å²) in [6, 6.07) is 0. The van der Waals surface area contributed by atoms with Crippen LogP contribution in [-0.2, 0) is 4.74 Å². The first-order valence-electron chi connectivity index (χ1n) is 2.94. The van der Waals surface area contributed by atoms with Gasteiger partial charge in [-0.05, 0) is 19.2 Å². The molecule has 0 heterocycles. The Morgan fingerprint density at radius 3 is 2.11 bits per heavy atom. The van der Waals surface area contributed by atoms with Gasteiger partial charge in [0.1, 0.15) is 0 Å². The number of rotatable bonds is 2. The number of hydrogen-bond donors (Lipinski definition) is 1. The molecule has 0 aromatic heterocycles. The van der Waals surface area contributed by atoms with Crippen molar-refractivity contribution in [1.82, 2.24) is 5.32 Å². The van der Waals surface area contributed by atoms with E-state index in [1.165, 1.54) is 0 Å². The average Bonchev–Trinajstić information content (AvgIpc) is 2.36. The summed E-state index contributed by atoms with van der Waals surface area (Å²) >= 11 is 0. The van der Waals surface area contributed by atoms with Gasteiger partial charge in [0.2, 0.25) is 0 Å². The van der Waals surface area contributed by atoms with E-state index in [9.17, 15) is 0 Å². The largest absolute Gasteiger partial charge is 0.357 e. The van der Waals surface area contributed by atoms with E-state index < -0.39 is 0 Å². The van der Waals surface area contributed by atoms with Gasteiger partial charge in [0.25, 0.3) is 0 Å². The second-order valence-electron chi connectivity index (χ2n) is 1.97. The van der Waals surface area contributed by atoms with Crippen molar-refractivity contribution in [2.24, 2.45) is 0 Å². The van der Waals surface area contributed by atoms with E-state index in [2.05, 4.69) is 5.32 Å². The summed E-state index contributed by atoms with van der Waals surface area (Å²) in [6.07, 6.45) is 7.85. The molecule has 0 amide bonds. The van der Waals surface area contributed by atoms with Crippen LogP contribution in [0.15, 0.2) is 24.3 Å². The minimum absolute atomic E-state index is 0.333. The van der Waals surface area contributed by atoms with E-state index in [0.29, 0.717) is 0 Å². The van der Waals surface area contributed by atoms with Crippen molar-refractivity contribution < 1.29 is 4.74 Å². The monoisotopic (exact) mass is 125 g/mol. The number of ether oxygens (including phenoxy) is 1. The van der Waals surface area contributed by atoms with Gasteiger partial charge in [-0.25, -0.2) is 0 Å². The van der Waals surface area contributed by atoms with Crippen molar-refractivity contribution >= 4 is 0 Å². The highest BCUT2D eigenvalue weighted by molar-refractivity contribution is 5.26. The lowest BCUT2D eigenvalue weighted by molar-refractivity contribution is 0.0534. The zero-order valence-corrected chi connectivity index (χ0v) is 5.72. The fourth-order valence-corrected chi connectivity index (χ4v) is 0.857. The van der Waals surface area contributed by atoms with Crippen molar-refractivity contribution in [3.05, 3.63) is 24.3 Å². The molecule has 0 spiro atoms. The second kappa shape index (κ2) is 2.33. The third-order valence-electron chi connectivity index (χ3n) is 1.53. The molecule has 0 radical (unpaired) electrons. The number of hydrogen-bond acceptors (Lipinski definition) is 2. The molecule has 0 aliphatic heterocycles. The van der Waals surface area contributed by atoms with Gasteiger partial charge in [0, 0.05) is 7.11 Å². The second-order valence-corrected chi connectivity index (χ2v) is 1.97. The zero-order valence-electron chi connectivity index (χ0n) is 5.72. The van der Waals surface area contributed by atoms with Gasteiger partial charge in [-0.1, -0.05) is 12.2 Å². The molecule has 1 N–H and O–H groups in total. The quantitative estimate of drug-likeness (QED) is 0.548. The normalized spacial score (nSPS) is 21.1. The highest BCUT2D eigenvalue weighted by atomic mass is 16.5. The van der Waals surface area contributed by atoms with Crippen LogP contribution in [-0.4, -0.2) is 19.9 Å². The molecule has 1 aliphatic rings. The summed E-state index contributed by atoms with van der Waals surface area (Å²) in [5.41, 5.74) is -0.333. The highest BCUT2D eigenvalue weighted by Gasteiger charge is 2.21. The third-order valence-corrected chi connectivity index (χ3v) is 1.53. The van der Waals surface area contributed by atoms with Gasteiger partial charge in [-0.2, -0.15) is 0 Å². The van der Waals surface area contributed by atoms with Crippen LogP contribution in [0.1, 0.15) is 0 Å². The molecule has 2 heteroatoms. The third kappa shape index (κ3) is 1.04. The smallest absolute Gasteiger partial charge is 0.157 e. The van der Waals surface area contributed by atoms with Gasteiger partial charge in [0.05, 0.1) is 0 Å². The van der Waals surface area contributed by atoms with Crippen LogP contribution in [0.5, 0.6) is 0 Å². The lowest BCUT2D eigenvalue weighted by Crippen LogP contribution is -2.39. The molecule has 0 aromatic rings. The molecule has 0 unspecified atom stereocenters. The Balaban J connectivity index is 2.69. The summed E-state index contributed by atoms with van der Waals surface area (Å²) in [5.74, 6) is 0. The first kappa shape index (κ1) is 6.52. The minimum Gasteiger partial charge on any atom is -0.357 e. The molecule has 0 saturated carbocycles. The van der Waals surface area contributed by atoms with E-state index in [4.69, 9.17) is 4.74 Å². The van der Waals surface area contributed by atoms with E-state index in [1.807, 2.05) is 31.4 Å². The van der Waals surface area contributed by atoms with Crippen LogP contribution in [0.4, 0.5) is 0 Å². The number of methoxy groups -OCH3 is 1. The maximum Gasteiger partial charge on any atom is 0.157 e. The van der Waals surface area contributed by atoms with Gasteiger partial charge >= 0.3 is 0 Å². The minimum atomic E-state index is -0.333. The van der Waals surface area contributed by atoms with Gasteiger partial charge in [0.15, 0.2) is 5.72 Å². The lowest BCUT2D eigenvalue weighted by Gasteiger charge is -2.21. The summed E-state index contributed by atoms with van der Waals surface area (Å²) in [4.78, 5) is 0. The fraction of sp³-hybridized carbons (Fsp3) is 0.429. The maximum absolute atomic E-state index is 5.16. The van der Waals surface area contributed by atoms with Crippen molar-refractivity contribution in [2.75, 3.05) is 14.2 Å². The fourth-order valence-electron chi connectivity index (χ4n) is 0.857. The Labute approximate surface area is 55.2 Å². The highest BCUT2D eigenvalue weighted by Crippen LogP contribution is 2.14. The van der Waals surface area contributed by atoms with Gasteiger partial charge in [-0.3, -0.25) is 5.32 Å². The molecule has 0 saturated heterocycles. The molecule has 0 bridgehead atoms. The first-order valence-corrected chi connectivity index (χ1v) is 2.94. The van der Waals surface area contributed by atoms with Crippen LogP contribution in [0.25, 0.3) is 0 Å². The average molecular weight is 125 g/mol. The summed E-state index contributed by atoms with van der Waals surface area (Å²) in [5, 5.41) is 3.03. The predicted molar refractivity (Wildman–Crippen MR) is 37.1 cm³/mol. The van der Waals surface area contributed by atoms with Crippen LogP contribution in [0.3, 0.4) is 0 Å². The van der Waals surface area contributed by atoms with Crippen LogP contribution in [0, 0.1) is 0 Å². The molecular formula is C7H11NO. The van der Waals surface area contributed by atoms with Crippen molar-refractivity contribution in [1.29, 1.82) is 0 Å². The lowest BCUT2D eigenvalue weighted by atomic mass is 10.2. The van der Waals surface area contributed by atoms with Crippen molar-refractivity contribution in [3.63, 3.8) is 0 Å². The zero-order chi connectivity index (χ0) is 6.74. The first-order chi connectivity index (χ1) is 4.33. The molecule has 1 aliphatic carbocycles. The van der Waals surface area contributed by atoms with Gasteiger partial charge in [-0.15, -0.1) is 0 Å². The number of allylic oxidation sites excluding steroid dienone is 2. The van der Waals surface area contributed by atoms with Crippen LogP contribution in [0.2, 0.25) is 0 Å². The van der Waals surface area contributed by atoms with E-state index in [-0.39, 0.29) is 5.72 Å². The standard InChI is InChI=1S/C7H11NO/c1-8-7(9-2)5-3-4-6-7/h3-6,8H,1-2H3. The van der Waals surface area contributed by atoms with Crippen molar-refractivity contribution in [3.8, 4) is 0 Å². The van der Waals surface area contributed by atoms with E-state index in [1.54, 1.807) is 7.11 Å². The van der Waals surface area contributed by atoms with Crippen LogP contribution >= 0.6 is 0 Å². The Bertz CT molecular complexity index is 131. The summed E-state index contributed by atoms with van der Waals surface area (Å²) in [7, 11) is 3.54. The molecule has 0 fully saturated rings. The van der Waals surface area contributed by atoms with Gasteiger partial charge < -0.3 is 4.74 Å². The topological polar surface area (TPSA) is 21.3 Å². The Morgan fingerprint density at radius 2 is 1.89 bits per heavy atom. The number of nitrogens with one attached hydrogen (secondary N) is 1. The summed E-state index contributed by atoms with van der Waals surface area (Å²) in [6.45, 7) is 0. The summed E-state index contributed by atoms with van der Waals surface area (Å²) < 4.78 is 5.16. The van der Waals surface area contributed by atoms with Crippen LogP contribution < -0.4 is 5.32 Å².